The molecule has 38 heavy (non-hydrogen) atoms. The van der Waals surface area contributed by atoms with Crippen molar-refractivity contribution in [3.63, 3.8) is 0 Å². The molecule has 9 nitrogen and oxygen atoms in total. The maximum absolute atomic E-state index is 14.0. The number of nitrogens with zero attached hydrogens (tertiary/aromatic N) is 6. The summed E-state index contributed by atoms with van der Waals surface area (Å²) in [5.74, 6) is 0.852. The van der Waals surface area contributed by atoms with E-state index in [1.54, 1.807) is 11.6 Å². The summed E-state index contributed by atoms with van der Waals surface area (Å²) in [4.78, 5) is 22.7. The summed E-state index contributed by atoms with van der Waals surface area (Å²) < 4.78 is 7.36. The number of carbonyl (C=O) groups excluding carboxylic acids is 1. The number of amides is 1. The molecule has 2 aromatic heterocycles. The van der Waals surface area contributed by atoms with Gasteiger partial charge in [-0.05, 0) is 49.3 Å². The topological polar surface area (TPSA) is 107 Å². The Kier molecular flexibility index (Phi) is 6.78. The van der Waals surface area contributed by atoms with Crippen LogP contribution in [0.15, 0.2) is 30.5 Å². The van der Waals surface area contributed by atoms with Crippen LogP contribution < -0.4 is 9.64 Å². The van der Waals surface area contributed by atoms with E-state index in [-0.39, 0.29) is 17.4 Å². The number of fused-ring (bicyclic) bond motifs is 1. The third-order valence-corrected chi connectivity index (χ3v) is 7.78. The Hall–Kier alpha value is -3.64. The molecule has 2 saturated heterocycles. The molecule has 0 spiro atoms. The van der Waals surface area contributed by atoms with Crippen molar-refractivity contribution in [1.29, 1.82) is 5.26 Å². The van der Waals surface area contributed by atoms with Gasteiger partial charge in [-0.1, -0.05) is 26.8 Å². The molecule has 3 aromatic rings. The average Bonchev–Trinajstić information content (AvgIpc) is 3.49. The Bertz CT molecular complexity index is 1400. The number of aliphatic hydroxyl groups is 1. The molecule has 0 unspecified atom stereocenters. The fourth-order valence-corrected chi connectivity index (χ4v) is 5.57. The van der Waals surface area contributed by atoms with Crippen LogP contribution in [0.1, 0.15) is 73.3 Å². The molecule has 0 aliphatic carbocycles. The van der Waals surface area contributed by atoms with Crippen molar-refractivity contribution in [3.8, 4) is 11.8 Å². The lowest BCUT2D eigenvalue weighted by Gasteiger charge is -2.35. The van der Waals surface area contributed by atoms with Gasteiger partial charge in [-0.25, -0.2) is 9.50 Å². The fourth-order valence-electron chi connectivity index (χ4n) is 5.57. The van der Waals surface area contributed by atoms with Gasteiger partial charge >= 0.3 is 0 Å². The van der Waals surface area contributed by atoms with Gasteiger partial charge in [0.25, 0.3) is 5.91 Å². The van der Waals surface area contributed by atoms with E-state index in [1.165, 1.54) is 0 Å². The van der Waals surface area contributed by atoms with Crippen LogP contribution in [0.3, 0.4) is 0 Å². The average molecular weight is 517 g/mol. The summed E-state index contributed by atoms with van der Waals surface area (Å²) in [6.45, 7) is 9.84. The van der Waals surface area contributed by atoms with Crippen LogP contribution in [0.25, 0.3) is 5.65 Å². The molecule has 9 heteroatoms. The van der Waals surface area contributed by atoms with Crippen molar-refractivity contribution in [1.82, 2.24) is 19.5 Å². The van der Waals surface area contributed by atoms with Crippen molar-refractivity contribution in [2.24, 2.45) is 5.92 Å². The Morgan fingerprint density at radius 2 is 2.00 bits per heavy atom. The molecule has 1 N–H and O–H groups in total. The number of aliphatic hydroxyl groups excluding tert-OH is 1. The fraction of sp³-hybridized carbons (Fsp3) is 0.517. The van der Waals surface area contributed by atoms with Gasteiger partial charge in [0, 0.05) is 37.5 Å². The highest BCUT2D eigenvalue weighted by Crippen LogP contribution is 2.35. The first-order valence-corrected chi connectivity index (χ1v) is 13.3. The maximum atomic E-state index is 14.0. The number of nitriles is 1. The summed E-state index contributed by atoms with van der Waals surface area (Å²) in [5, 5.41) is 24.4. The third kappa shape index (κ3) is 4.69. The Morgan fingerprint density at radius 1 is 1.21 bits per heavy atom. The second-order valence-electron chi connectivity index (χ2n) is 11.5. The highest BCUT2D eigenvalue weighted by Gasteiger charge is 2.35. The van der Waals surface area contributed by atoms with Crippen LogP contribution in [-0.4, -0.2) is 63.4 Å². The van der Waals surface area contributed by atoms with Gasteiger partial charge in [0.1, 0.15) is 11.6 Å². The van der Waals surface area contributed by atoms with Crippen LogP contribution in [-0.2, 0) is 5.41 Å². The number of likely N-dealkylation sites (tertiary alicyclic amines) is 1. The first-order valence-electron chi connectivity index (χ1n) is 13.3. The molecule has 2 aliphatic heterocycles. The zero-order valence-electron chi connectivity index (χ0n) is 22.8. The van der Waals surface area contributed by atoms with Crippen molar-refractivity contribution < 1.29 is 14.6 Å². The molecule has 1 amide bonds. The molecule has 2 fully saturated rings. The second-order valence-corrected chi connectivity index (χ2v) is 11.5. The molecule has 0 bridgehead atoms. The van der Waals surface area contributed by atoms with E-state index >= 15 is 0 Å². The van der Waals surface area contributed by atoms with Gasteiger partial charge in [-0.15, -0.1) is 0 Å². The molecular weight excluding hydrogens is 480 g/mol. The molecule has 2 aliphatic rings. The molecule has 0 radical (unpaired) electrons. The quantitative estimate of drug-likeness (QED) is 0.558. The molecular formula is C29H36N6O3. The molecule has 0 saturated carbocycles. The molecule has 4 heterocycles. The summed E-state index contributed by atoms with van der Waals surface area (Å²) in [5.41, 5.74) is 3.97. The minimum absolute atomic E-state index is 0.0480. The third-order valence-electron chi connectivity index (χ3n) is 7.78. The number of carbonyl (C=O) groups is 1. The van der Waals surface area contributed by atoms with Crippen LogP contribution >= 0.6 is 0 Å². The minimum Gasteiger partial charge on any atom is -0.496 e. The van der Waals surface area contributed by atoms with Gasteiger partial charge in [0.2, 0.25) is 0 Å². The number of hydrogen-bond acceptors (Lipinski definition) is 7. The predicted molar refractivity (Wildman–Crippen MR) is 144 cm³/mol. The van der Waals surface area contributed by atoms with E-state index in [1.807, 2.05) is 47.2 Å². The van der Waals surface area contributed by atoms with Crippen LogP contribution in [0.4, 0.5) is 5.82 Å². The van der Waals surface area contributed by atoms with Crippen molar-refractivity contribution in [2.45, 2.75) is 64.5 Å². The van der Waals surface area contributed by atoms with E-state index in [4.69, 9.17) is 14.8 Å². The van der Waals surface area contributed by atoms with E-state index in [2.05, 4.69) is 26.8 Å². The summed E-state index contributed by atoms with van der Waals surface area (Å²) >= 11 is 0. The van der Waals surface area contributed by atoms with Gasteiger partial charge in [-0.2, -0.15) is 10.4 Å². The van der Waals surface area contributed by atoms with Crippen molar-refractivity contribution in [2.75, 3.05) is 31.6 Å². The highest BCUT2D eigenvalue weighted by molar-refractivity contribution is 5.97. The van der Waals surface area contributed by atoms with E-state index in [0.717, 1.165) is 41.9 Å². The number of aromatic nitrogens is 3. The lowest BCUT2D eigenvalue weighted by molar-refractivity contribution is 0.0602. The van der Waals surface area contributed by atoms with Crippen LogP contribution in [0, 0.1) is 24.2 Å². The molecule has 5 rings (SSSR count). The number of methoxy groups -OCH3 is 1. The minimum atomic E-state index is -0.687. The number of aryl methyl sites for hydroxylation is 1. The van der Waals surface area contributed by atoms with Crippen molar-refractivity contribution >= 4 is 17.4 Å². The number of ether oxygens (including phenoxy) is 1. The lowest BCUT2D eigenvalue weighted by atomic mass is 9.85. The standard InChI is InChI=1S/C29H36N6O3/c1-18-15-35-26(31-27(18)33-16-19(14-30)24(36)17-33)13-22(32-35)23-8-6-7-11-34(23)28(37)21-12-20(29(2,3)4)9-10-25(21)38-5/h9-10,12-13,15,19,23-24,36H,6-8,11,16-17H2,1-5H3/t19-,23+,24+/m1/s1. The normalized spacial score (nSPS) is 22.1. The Morgan fingerprint density at radius 3 is 2.68 bits per heavy atom. The van der Waals surface area contributed by atoms with E-state index in [0.29, 0.717) is 36.6 Å². The SMILES string of the molecule is COc1ccc(C(C)(C)C)cc1C(=O)N1CCCC[C@H]1c1cc2nc(N3C[C@@H](C#N)[C@@H](O)C3)c(C)cn2n1. The molecule has 1 aromatic carbocycles. The summed E-state index contributed by atoms with van der Waals surface area (Å²) in [6.07, 6.45) is 4.02. The zero-order valence-corrected chi connectivity index (χ0v) is 22.8. The Balaban J connectivity index is 1.48. The van der Waals surface area contributed by atoms with Crippen LogP contribution in [0.2, 0.25) is 0 Å². The maximum Gasteiger partial charge on any atom is 0.258 e. The summed E-state index contributed by atoms with van der Waals surface area (Å²) in [6, 6.07) is 9.85. The number of anilines is 1. The Labute approximate surface area is 223 Å². The van der Waals surface area contributed by atoms with Gasteiger partial charge < -0.3 is 19.6 Å². The first kappa shape index (κ1) is 26.0. The summed E-state index contributed by atoms with van der Waals surface area (Å²) in [7, 11) is 1.60. The van der Waals surface area contributed by atoms with E-state index < -0.39 is 12.0 Å². The smallest absolute Gasteiger partial charge is 0.258 e. The number of β-amino-alcohol motifs (C(OH)–C–C–N with tert-alkyl or cyclic N) is 1. The first-order chi connectivity index (χ1) is 18.1. The number of hydrogen-bond donors (Lipinski definition) is 1. The van der Waals surface area contributed by atoms with Gasteiger partial charge in [0.05, 0.1) is 42.5 Å². The van der Waals surface area contributed by atoms with Crippen LogP contribution in [0.5, 0.6) is 5.75 Å². The highest BCUT2D eigenvalue weighted by atomic mass is 16.5. The number of benzene rings is 1. The number of rotatable bonds is 4. The predicted octanol–water partition coefficient (Wildman–Crippen LogP) is 4.03. The van der Waals surface area contributed by atoms with Gasteiger partial charge in [-0.3, -0.25) is 4.79 Å². The largest absolute Gasteiger partial charge is 0.496 e. The van der Waals surface area contributed by atoms with Gasteiger partial charge in [0.15, 0.2) is 5.65 Å². The van der Waals surface area contributed by atoms with E-state index in [9.17, 15) is 15.2 Å². The zero-order chi connectivity index (χ0) is 27.2. The molecule has 3 atom stereocenters. The molecule has 200 valence electrons. The van der Waals surface area contributed by atoms with Crippen molar-refractivity contribution in [3.05, 3.63) is 52.8 Å². The lowest BCUT2D eigenvalue weighted by Crippen LogP contribution is -2.39. The number of piperidine rings is 1. The second kappa shape index (κ2) is 9.91. The monoisotopic (exact) mass is 516 g/mol.